The van der Waals surface area contributed by atoms with Crippen LogP contribution in [0, 0.1) is 11.7 Å². The normalized spacial score (nSPS) is 15.8. The first kappa shape index (κ1) is 21.4. The van der Waals surface area contributed by atoms with Gasteiger partial charge in [0.1, 0.15) is 5.82 Å². The van der Waals surface area contributed by atoms with Gasteiger partial charge in [-0.1, -0.05) is 26.0 Å². The summed E-state index contributed by atoms with van der Waals surface area (Å²) in [5.41, 5.74) is 3.35. The predicted molar refractivity (Wildman–Crippen MR) is 117 cm³/mol. The number of hydrogen-bond acceptors (Lipinski definition) is 4. The Morgan fingerprint density at radius 2 is 1.84 bits per heavy atom. The Hall–Kier alpha value is -3.81. The molecule has 8 heteroatoms. The minimum atomic E-state index is -0.353. The van der Waals surface area contributed by atoms with Gasteiger partial charge in [-0.3, -0.25) is 19.7 Å². The van der Waals surface area contributed by atoms with Crippen LogP contribution >= 0.6 is 0 Å². The number of benzene rings is 2. The van der Waals surface area contributed by atoms with Crippen molar-refractivity contribution in [2.75, 3.05) is 5.32 Å². The van der Waals surface area contributed by atoms with Crippen LogP contribution in [0.25, 0.3) is 5.69 Å². The van der Waals surface area contributed by atoms with Gasteiger partial charge < -0.3 is 5.32 Å². The van der Waals surface area contributed by atoms with E-state index in [1.807, 2.05) is 26.0 Å². The zero-order valence-electron chi connectivity index (χ0n) is 17.8. The highest BCUT2D eigenvalue weighted by atomic mass is 19.1. The molecule has 3 amide bonds. The molecule has 2 aromatic carbocycles. The van der Waals surface area contributed by atoms with Crippen molar-refractivity contribution in [2.45, 2.75) is 32.6 Å². The van der Waals surface area contributed by atoms with E-state index in [4.69, 9.17) is 0 Å². The molecule has 0 radical (unpaired) electrons. The molecule has 1 aromatic heterocycles. The van der Waals surface area contributed by atoms with E-state index in [0.717, 1.165) is 11.3 Å². The molecule has 164 valence electrons. The molecular weight excluding hydrogens is 411 g/mol. The molecule has 0 spiro atoms. The van der Waals surface area contributed by atoms with Crippen LogP contribution in [-0.4, -0.2) is 27.5 Å². The number of halogens is 1. The molecule has 2 N–H and O–H groups in total. The van der Waals surface area contributed by atoms with E-state index in [1.165, 1.54) is 18.3 Å². The highest BCUT2D eigenvalue weighted by molar-refractivity contribution is 6.05. The third kappa shape index (κ3) is 4.44. The molecule has 0 aliphatic carbocycles. The van der Waals surface area contributed by atoms with Crippen LogP contribution in [0.2, 0.25) is 0 Å². The van der Waals surface area contributed by atoms with Crippen molar-refractivity contribution < 1.29 is 18.8 Å². The second-order valence-electron chi connectivity index (χ2n) is 8.16. The van der Waals surface area contributed by atoms with E-state index in [0.29, 0.717) is 23.4 Å². The highest BCUT2D eigenvalue weighted by Crippen LogP contribution is 2.25. The molecule has 0 saturated carbocycles. The molecule has 1 fully saturated rings. The van der Waals surface area contributed by atoms with Crippen molar-refractivity contribution in [3.8, 4) is 5.69 Å². The lowest BCUT2D eigenvalue weighted by Gasteiger charge is -2.13. The van der Waals surface area contributed by atoms with Crippen molar-refractivity contribution in [3.05, 3.63) is 77.4 Å². The average Bonchev–Trinajstić information content (AvgIpc) is 3.33. The van der Waals surface area contributed by atoms with Gasteiger partial charge in [0, 0.05) is 12.1 Å². The first-order chi connectivity index (χ1) is 15.3. The number of anilines is 1. The van der Waals surface area contributed by atoms with Crippen LogP contribution in [0.3, 0.4) is 0 Å². The number of nitrogens with zero attached hydrogens (tertiary/aromatic N) is 2. The van der Waals surface area contributed by atoms with E-state index in [9.17, 15) is 18.8 Å². The Bertz CT molecular complexity index is 1170. The van der Waals surface area contributed by atoms with E-state index >= 15 is 0 Å². The summed E-state index contributed by atoms with van der Waals surface area (Å²) in [6.45, 7) is 3.93. The number of amides is 3. The highest BCUT2D eigenvalue weighted by Gasteiger charge is 2.30. The van der Waals surface area contributed by atoms with Gasteiger partial charge in [0.05, 0.1) is 29.1 Å². The minimum absolute atomic E-state index is 0.00551. The van der Waals surface area contributed by atoms with E-state index in [2.05, 4.69) is 15.7 Å². The molecule has 1 saturated heterocycles. The number of carbonyl (C=O) groups is 3. The number of nitrogens with one attached hydrogen (secondary N) is 2. The zero-order valence-corrected chi connectivity index (χ0v) is 17.8. The Kier molecular flexibility index (Phi) is 5.85. The lowest BCUT2D eigenvalue weighted by atomic mass is 9.98. The summed E-state index contributed by atoms with van der Waals surface area (Å²) >= 11 is 0. The summed E-state index contributed by atoms with van der Waals surface area (Å²) in [5, 5.41) is 9.54. The van der Waals surface area contributed by atoms with Crippen molar-refractivity contribution in [3.63, 3.8) is 0 Å². The summed E-state index contributed by atoms with van der Waals surface area (Å²) < 4.78 is 14.9. The summed E-state index contributed by atoms with van der Waals surface area (Å²) in [5.74, 6) is -1.47. The van der Waals surface area contributed by atoms with Gasteiger partial charge >= 0.3 is 0 Å². The topological polar surface area (TPSA) is 93.1 Å². The molecule has 1 atom stereocenters. The minimum Gasteiger partial charge on any atom is -0.322 e. The quantitative estimate of drug-likeness (QED) is 0.580. The Morgan fingerprint density at radius 1 is 1.16 bits per heavy atom. The summed E-state index contributed by atoms with van der Waals surface area (Å²) in [6, 6.07) is 13.1. The summed E-state index contributed by atoms with van der Waals surface area (Å²) in [6.07, 6.45) is 2.18. The number of aromatic nitrogens is 2. The molecule has 1 aliphatic rings. The van der Waals surface area contributed by atoms with Crippen molar-refractivity contribution in [1.82, 2.24) is 15.1 Å². The SMILES string of the molecule is CC(C)c1c(C(=O)Nc2ccc(CC3CC(=O)NC3=O)cc2)cnn1-c1ccc(F)cc1. The molecular formula is C24H23FN4O3. The van der Waals surface area contributed by atoms with Crippen LogP contribution in [0.1, 0.15) is 47.8 Å². The second-order valence-corrected chi connectivity index (χ2v) is 8.16. The summed E-state index contributed by atoms with van der Waals surface area (Å²) in [7, 11) is 0. The zero-order chi connectivity index (χ0) is 22.8. The third-order valence-electron chi connectivity index (χ3n) is 5.43. The van der Waals surface area contributed by atoms with Crippen molar-refractivity contribution in [2.24, 2.45) is 5.92 Å². The van der Waals surface area contributed by atoms with Gasteiger partial charge in [-0.05, 0) is 54.3 Å². The molecule has 1 aliphatic heterocycles. The molecule has 2 heterocycles. The van der Waals surface area contributed by atoms with Crippen molar-refractivity contribution >= 4 is 23.4 Å². The monoisotopic (exact) mass is 434 g/mol. The van der Waals surface area contributed by atoms with E-state index in [1.54, 1.807) is 28.9 Å². The Labute approximate surface area is 184 Å². The van der Waals surface area contributed by atoms with Gasteiger partial charge in [0.2, 0.25) is 11.8 Å². The molecule has 1 unspecified atom stereocenters. The number of hydrogen-bond donors (Lipinski definition) is 2. The molecule has 4 rings (SSSR count). The first-order valence-electron chi connectivity index (χ1n) is 10.4. The van der Waals surface area contributed by atoms with Gasteiger partial charge in [-0.15, -0.1) is 0 Å². The average molecular weight is 434 g/mol. The van der Waals surface area contributed by atoms with Crippen LogP contribution in [0.4, 0.5) is 10.1 Å². The van der Waals surface area contributed by atoms with Gasteiger partial charge in [0.15, 0.2) is 0 Å². The predicted octanol–water partition coefficient (Wildman–Crippen LogP) is 3.59. The second kappa shape index (κ2) is 8.74. The van der Waals surface area contributed by atoms with Gasteiger partial charge in [-0.2, -0.15) is 5.10 Å². The number of imide groups is 1. The van der Waals surface area contributed by atoms with Crippen LogP contribution in [0.15, 0.2) is 54.7 Å². The summed E-state index contributed by atoms with van der Waals surface area (Å²) in [4.78, 5) is 36.1. The number of carbonyl (C=O) groups excluding carboxylic acids is 3. The number of rotatable bonds is 6. The van der Waals surface area contributed by atoms with Crippen LogP contribution in [-0.2, 0) is 16.0 Å². The lowest BCUT2D eigenvalue weighted by Crippen LogP contribution is -2.22. The maximum atomic E-state index is 13.3. The maximum absolute atomic E-state index is 13.3. The van der Waals surface area contributed by atoms with E-state index < -0.39 is 0 Å². The van der Waals surface area contributed by atoms with Crippen LogP contribution < -0.4 is 10.6 Å². The third-order valence-corrected chi connectivity index (χ3v) is 5.43. The molecule has 7 nitrogen and oxygen atoms in total. The van der Waals surface area contributed by atoms with Crippen molar-refractivity contribution in [1.29, 1.82) is 0 Å². The largest absolute Gasteiger partial charge is 0.322 e. The first-order valence-corrected chi connectivity index (χ1v) is 10.4. The maximum Gasteiger partial charge on any atom is 0.259 e. The smallest absolute Gasteiger partial charge is 0.259 e. The standard InChI is InChI=1S/C24H23FN4O3/c1-14(2)22-20(13-26-29(22)19-9-5-17(25)6-10-19)24(32)27-18-7-3-15(4-8-18)11-16-12-21(30)28-23(16)31/h3-10,13-14,16H,11-12H2,1-2H3,(H,27,32)(H,28,30,31). The fourth-order valence-corrected chi connectivity index (χ4v) is 3.86. The van der Waals surface area contributed by atoms with E-state index in [-0.39, 0.29) is 41.8 Å². The molecule has 32 heavy (non-hydrogen) atoms. The van der Waals surface area contributed by atoms with Crippen LogP contribution in [0.5, 0.6) is 0 Å². The lowest BCUT2D eigenvalue weighted by molar-refractivity contribution is -0.125. The molecule has 3 aromatic rings. The van der Waals surface area contributed by atoms with Gasteiger partial charge in [0.25, 0.3) is 5.91 Å². The molecule has 0 bridgehead atoms. The fraction of sp³-hybridized carbons (Fsp3) is 0.250. The van der Waals surface area contributed by atoms with Gasteiger partial charge in [-0.25, -0.2) is 9.07 Å². The Morgan fingerprint density at radius 3 is 2.44 bits per heavy atom. The fourth-order valence-electron chi connectivity index (χ4n) is 3.86. The Balaban J connectivity index is 1.49.